The van der Waals surface area contributed by atoms with Crippen molar-refractivity contribution in [3.05, 3.63) is 40.4 Å². The highest BCUT2D eigenvalue weighted by Gasteiger charge is 2.33. The summed E-state index contributed by atoms with van der Waals surface area (Å²) in [6, 6.07) is 7.04. The van der Waals surface area contributed by atoms with Gasteiger partial charge in [0.25, 0.3) is 5.56 Å². The second-order valence-corrected chi connectivity index (χ2v) is 7.62. The lowest BCUT2D eigenvalue weighted by atomic mass is 9.84. The van der Waals surface area contributed by atoms with Crippen molar-refractivity contribution in [1.82, 2.24) is 14.5 Å². The number of benzene rings is 1. The molecule has 1 unspecified atom stereocenters. The van der Waals surface area contributed by atoms with Crippen LogP contribution < -0.4 is 5.56 Å². The molecule has 1 aliphatic carbocycles. The molecule has 0 radical (unpaired) electrons. The van der Waals surface area contributed by atoms with Crippen molar-refractivity contribution in [2.45, 2.75) is 45.2 Å². The summed E-state index contributed by atoms with van der Waals surface area (Å²) in [5, 5.41) is 0.579. The number of aromatic nitrogens is 2. The zero-order valence-corrected chi connectivity index (χ0v) is 17.6. The first-order valence-corrected chi connectivity index (χ1v) is 10.4. The monoisotopic (exact) mass is 401 g/mol. The van der Waals surface area contributed by atoms with E-state index in [2.05, 4.69) is 0 Å². The third kappa shape index (κ3) is 4.67. The van der Waals surface area contributed by atoms with Crippen LogP contribution in [0.3, 0.4) is 0 Å². The van der Waals surface area contributed by atoms with Crippen molar-refractivity contribution in [1.29, 1.82) is 0 Å². The van der Waals surface area contributed by atoms with Crippen LogP contribution in [-0.4, -0.2) is 54.3 Å². The molecule has 2 aromatic rings. The molecule has 158 valence electrons. The van der Waals surface area contributed by atoms with E-state index in [0.29, 0.717) is 43.0 Å². The van der Waals surface area contributed by atoms with Crippen LogP contribution in [0.25, 0.3) is 10.9 Å². The summed E-state index contributed by atoms with van der Waals surface area (Å²) in [4.78, 5) is 33.0. The van der Waals surface area contributed by atoms with Crippen molar-refractivity contribution in [3.8, 4) is 0 Å². The van der Waals surface area contributed by atoms with Gasteiger partial charge in [-0.3, -0.25) is 14.2 Å². The Balaban J connectivity index is 2.01. The van der Waals surface area contributed by atoms with Gasteiger partial charge in [0.2, 0.25) is 5.91 Å². The van der Waals surface area contributed by atoms with Gasteiger partial charge in [-0.2, -0.15) is 0 Å². The van der Waals surface area contributed by atoms with Crippen LogP contribution in [-0.2, 0) is 20.8 Å². The van der Waals surface area contributed by atoms with Crippen LogP contribution in [0.15, 0.2) is 29.1 Å². The first-order valence-electron chi connectivity index (χ1n) is 10.4. The topological polar surface area (TPSA) is 73.7 Å². The Hall–Kier alpha value is -2.25. The summed E-state index contributed by atoms with van der Waals surface area (Å²) in [6.07, 6.45) is 3.72. The number of methoxy groups -OCH3 is 2. The molecule has 1 aliphatic rings. The molecular formula is C22H31N3O4. The first kappa shape index (κ1) is 21.5. The molecule has 1 aromatic heterocycles. The fraction of sp³-hybridized carbons (Fsp3) is 0.591. The predicted molar refractivity (Wildman–Crippen MR) is 112 cm³/mol. The van der Waals surface area contributed by atoms with Crippen LogP contribution in [0.5, 0.6) is 0 Å². The minimum absolute atomic E-state index is 0.0830. The molecular weight excluding hydrogens is 370 g/mol. The molecule has 1 amide bonds. The van der Waals surface area contributed by atoms with E-state index in [-0.39, 0.29) is 23.4 Å². The second kappa shape index (κ2) is 9.98. The van der Waals surface area contributed by atoms with Gasteiger partial charge in [-0.05, 0) is 38.3 Å². The number of hydrogen-bond acceptors (Lipinski definition) is 5. The van der Waals surface area contributed by atoms with E-state index >= 15 is 0 Å². The Kier molecular flexibility index (Phi) is 7.39. The zero-order valence-electron chi connectivity index (χ0n) is 17.6. The molecule has 7 nitrogen and oxygen atoms in total. The lowest BCUT2D eigenvalue weighted by Gasteiger charge is -2.36. The Morgan fingerprint density at radius 1 is 1.24 bits per heavy atom. The Morgan fingerprint density at radius 2 is 1.97 bits per heavy atom. The summed E-state index contributed by atoms with van der Waals surface area (Å²) < 4.78 is 12.1. The van der Waals surface area contributed by atoms with Crippen molar-refractivity contribution >= 4 is 16.8 Å². The number of ether oxygens (including phenoxy) is 2. The molecule has 29 heavy (non-hydrogen) atoms. The van der Waals surface area contributed by atoms with Crippen LogP contribution in [0.4, 0.5) is 0 Å². The fourth-order valence-electron chi connectivity index (χ4n) is 3.81. The van der Waals surface area contributed by atoms with Crippen LogP contribution >= 0.6 is 0 Å². The highest BCUT2D eigenvalue weighted by molar-refractivity contribution is 5.80. The number of carbonyl (C=O) groups excluding carboxylic acids is 1. The van der Waals surface area contributed by atoms with Crippen molar-refractivity contribution in [2.75, 3.05) is 34.0 Å². The SMILES string of the molecule is COCCCN(C(=O)C1CCC1)C(C)c1nc2ccccc2c(=O)n1CCOC. The van der Waals surface area contributed by atoms with Crippen molar-refractivity contribution < 1.29 is 14.3 Å². The maximum absolute atomic E-state index is 13.2. The Labute approximate surface area is 171 Å². The van der Waals surface area contributed by atoms with E-state index in [4.69, 9.17) is 14.5 Å². The molecule has 0 spiro atoms. The zero-order chi connectivity index (χ0) is 20.8. The van der Waals surface area contributed by atoms with Gasteiger partial charge in [0.15, 0.2) is 0 Å². The van der Waals surface area contributed by atoms with E-state index < -0.39 is 0 Å². The van der Waals surface area contributed by atoms with E-state index in [1.54, 1.807) is 24.9 Å². The fourth-order valence-corrected chi connectivity index (χ4v) is 3.81. The quantitative estimate of drug-likeness (QED) is 0.573. The summed E-state index contributed by atoms with van der Waals surface area (Å²) in [5.41, 5.74) is 0.559. The van der Waals surface area contributed by atoms with E-state index in [1.807, 2.05) is 30.0 Å². The highest BCUT2D eigenvalue weighted by atomic mass is 16.5. The van der Waals surface area contributed by atoms with Gasteiger partial charge < -0.3 is 14.4 Å². The number of carbonyl (C=O) groups is 1. The average Bonchev–Trinajstić information content (AvgIpc) is 2.68. The first-order chi connectivity index (χ1) is 14.1. The number of nitrogens with zero attached hydrogens (tertiary/aromatic N) is 3. The molecule has 0 aliphatic heterocycles. The minimum Gasteiger partial charge on any atom is -0.385 e. The molecule has 0 saturated heterocycles. The molecule has 7 heteroatoms. The molecule has 1 fully saturated rings. The number of fused-ring (bicyclic) bond motifs is 1. The summed E-state index contributed by atoms with van der Waals surface area (Å²) in [5.74, 6) is 0.844. The standard InChI is InChI=1S/C22H31N3O4/c1-16(24(12-7-14-28-2)21(26)17-8-6-9-17)20-23-19-11-5-4-10-18(19)22(27)25(20)13-15-29-3/h4-5,10-11,16-17H,6-9,12-15H2,1-3H3. The summed E-state index contributed by atoms with van der Waals surface area (Å²) in [7, 11) is 3.27. The van der Waals surface area contributed by atoms with Crippen molar-refractivity contribution in [3.63, 3.8) is 0 Å². The Bertz CT molecular complexity index is 891. The maximum Gasteiger partial charge on any atom is 0.261 e. The molecule has 1 saturated carbocycles. The molecule has 1 atom stereocenters. The third-order valence-corrected chi connectivity index (χ3v) is 5.74. The van der Waals surface area contributed by atoms with E-state index in [9.17, 15) is 9.59 Å². The predicted octanol–water partition coefficient (Wildman–Crippen LogP) is 2.77. The van der Waals surface area contributed by atoms with Gasteiger partial charge >= 0.3 is 0 Å². The van der Waals surface area contributed by atoms with Gasteiger partial charge in [-0.25, -0.2) is 4.98 Å². The van der Waals surface area contributed by atoms with Gasteiger partial charge in [-0.15, -0.1) is 0 Å². The molecule has 0 N–H and O–H groups in total. The minimum atomic E-state index is -0.311. The van der Waals surface area contributed by atoms with Crippen LogP contribution in [0, 0.1) is 5.92 Å². The van der Waals surface area contributed by atoms with Gasteiger partial charge in [0.05, 0.1) is 30.1 Å². The molecule has 1 aromatic carbocycles. The third-order valence-electron chi connectivity index (χ3n) is 5.74. The van der Waals surface area contributed by atoms with Gasteiger partial charge in [-0.1, -0.05) is 18.6 Å². The van der Waals surface area contributed by atoms with E-state index in [0.717, 1.165) is 25.7 Å². The number of hydrogen-bond donors (Lipinski definition) is 0. The van der Waals surface area contributed by atoms with Crippen molar-refractivity contribution in [2.24, 2.45) is 5.92 Å². The summed E-state index contributed by atoms with van der Waals surface area (Å²) in [6.45, 7) is 3.93. The van der Waals surface area contributed by atoms with Crippen LogP contribution in [0.2, 0.25) is 0 Å². The molecule has 3 rings (SSSR count). The lowest BCUT2D eigenvalue weighted by molar-refractivity contribution is -0.140. The second-order valence-electron chi connectivity index (χ2n) is 7.62. The van der Waals surface area contributed by atoms with Crippen LogP contribution in [0.1, 0.15) is 44.5 Å². The number of rotatable bonds is 10. The highest BCUT2D eigenvalue weighted by Crippen LogP contribution is 2.31. The Morgan fingerprint density at radius 3 is 2.62 bits per heavy atom. The normalized spacial score (nSPS) is 15.3. The largest absolute Gasteiger partial charge is 0.385 e. The lowest BCUT2D eigenvalue weighted by Crippen LogP contribution is -2.43. The molecule has 0 bridgehead atoms. The van der Waals surface area contributed by atoms with Gasteiger partial charge in [0, 0.05) is 33.3 Å². The smallest absolute Gasteiger partial charge is 0.261 e. The maximum atomic E-state index is 13.2. The van der Waals surface area contributed by atoms with Gasteiger partial charge in [0.1, 0.15) is 5.82 Å². The number of amides is 1. The summed E-state index contributed by atoms with van der Waals surface area (Å²) >= 11 is 0. The molecule has 1 heterocycles. The van der Waals surface area contributed by atoms with E-state index in [1.165, 1.54) is 0 Å². The number of para-hydroxylation sites is 1. The average molecular weight is 402 g/mol.